The summed E-state index contributed by atoms with van der Waals surface area (Å²) in [5.41, 5.74) is 4.57. The Bertz CT molecular complexity index is 2230. The summed E-state index contributed by atoms with van der Waals surface area (Å²) in [6.45, 7) is 5.03. The first kappa shape index (κ1) is 42.6. The van der Waals surface area contributed by atoms with E-state index in [2.05, 4.69) is 10.6 Å². The van der Waals surface area contributed by atoms with E-state index < -0.39 is 12.1 Å². The zero-order valence-corrected chi connectivity index (χ0v) is 34.2. The van der Waals surface area contributed by atoms with E-state index in [9.17, 15) is 38.2 Å². The van der Waals surface area contributed by atoms with Crippen LogP contribution in [0.2, 0.25) is 0 Å². The topological polar surface area (TPSA) is 149 Å². The summed E-state index contributed by atoms with van der Waals surface area (Å²) in [4.78, 5) is 55.6. The van der Waals surface area contributed by atoms with Gasteiger partial charge in [0.2, 0.25) is 11.8 Å². The van der Waals surface area contributed by atoms with Crippen LogP contribution in [0.4, 0.5) is 8.78 Å². The smallest absolute Gasteiger partial charge is 0.258 e. The van der Waals surface area contributed by atoms with Crippen LogP contribution in [0.25, 0.3) is 12.2 Å². The number of aromatic nitrogens is 2. The van der Waals surface area contributed by atoms with Crippen LogP contribution < -0.4 is 21.8 Å². The molecule has 2 amide bonds. The normalized spacial score (nSPS) is 25.5. The Kier molecular flexibility index (Phi) is 12.8. The fraction of sp³-hybridized carbons (Fsp3) is 0.391. The molecule has 4 aliphatic heterocycles. The van der Waals surface area contributed by atoms with Crippen molar-refractivity contribution in [2.45, 2.75) is 64.2 Å². The van der Waals surface area contributed by atoms with Gasteiger partial charge in [0, 0.05) is 85.6 Å². The molecule has 6 heterocycles. The summed E-state index contributed by atoms with van der Waals surface area (Å²) in [5.74, 6) is -1.58. The Labute approximate surface area is 347 Å². The zero-order chi connectivity index (χ0) is 42.8. The zero-order valence-electron chi connectivity index (χ0n) is 34.2. The summed E-state index contributed by atoms with van der Waals surface area (Å²) in [5, 5.41) is 26.0. The largest absolute Gasteiger partial charge is 0.396 e. The maximum Gasteiger partial charge on any atom is 0.258 e. The van der Waals surface area contributed by atoms with Crippen molar-refractivity contribution in [2.75, 3.05) is 27.3 Å². The van der Waals surface area contributed by atoms with Gasteiger partial charge in [0.25, 0.3) is 11.1 Å². The first-order chi connectivity index (χ1) is 28.9. The summed E-state index contributed by atoms with van der Waals surface area (Å²) in [7, 11) is 3.74. The van der Waals surface area contributed by atoms with Crippen LogP contribution in [0.1, 0.15) is 59.6 Å². The van der Waals surface area contributed by atoms with Crippen molar-refractivity contribution >= 4 is 24.0 Å². The number of carbonyl (C=O) groups excluding carboxylic acids is 2. The number of aliphatic hydroxyl groups is 2. The Hall–Kier alpha value is -5.54. The molecule has 0 radical (unpaired) electrons. The molecule has 0 spiro atoms. The van der Waals surface area contributed by atoms with Crippen molar-refractivity contribution in [2.24, 2.45) is 23.7 Å². The fourth-order valence-electron chi connectivity index (χ4n) is 9.99. The van der Waals surface area contributed by atoms with E-state index in [4.69, 9.17) is 0 Å². The van der Waals surface area contributed by atoms with E-state index in [0.29, 0.717) is 37.3 Å². The number of pyridine rings is 2. The number of rotatable bonds is 10. The van der Waals surface area contributed by atoms with Gasteiger partial charge in [-0.3, -0.25) is 29.0 Å². The Morgan fingerprint density at radius 2 is 1.00 bits per heavy atom. The molecule has 0 bridgehead atoms. The number of hydrogen-bond donors (Lipinski definition) is 4. The fourth-order valence-corrected chi connectivity index (χ4v) is 9.99. The molecule has 2 saturated heterocycles. The van der Waals surface area contributed by atoms with Crippen molar-refractivity contribution < 1.29 is 28.6 Å². The molecule has 2 fully saturated rings. The molecule has 4 aliphatic rings. The van der Waals surface area contributed by atoms with Crippen LogP contribution in [-0.2, 0) is 35.8 Å². The number of benzene rings is 2. The van der Waals surface area contributed by atoms with E-state index in [1.165, 1.54) is 24.3 Å². The second kappa shape index (κ2) is 18.0. The van der Waals surface area contributed by atoms with Crippen LogP contribution >= 0.6 is 0 Å². The van der Waals surface area contributed by atoms with Gasteiger partial charge < -0.3 is 30.0 Å². The number of carbonyl (C=O) groups is 2. The minimum Gasteiger partial charge on any atom is -0.396 e. The molecule has 12 nitrogen and oxygen atoms in total. The number of nitrogens with one attached hydrogen (secondary N) is 2. The first-order valence-electron chi connectivity index (χ1n) is 20.3. The number of hydrogen-bond acceptors (Lipinski definition) is 8. The second-order valence-corrected chi connectivity index (χ2v) is 16.1. The van der Waals surface area contributed by atoms with E-state index in [1.807, 2.05) is 74.2 Å². The van der Waals surface area contributed by atoms with Crippen LogP contribution in [-0.4, -0.2) is 80.4 Å². The average molecular weight is 823 g/mol. The number of likely N-dealkylation sites (N-methyl/N-ethyl adjacent to an activating group) is 2. The molecule has 0 aliphatic carbocycles. The number of halogens is 2. The highest BCUT2D eigenvalue weighted by molar-refractivity contribution is 5.83. The number of aliphatic hydroxyl groups excluding tert-OH is 2. The van der Waals surface area contributed by atoms with E-state index >= 15 is 0 Å². The Balaban J connectivity index is 0.000000181. The van der Waals surface area contributed by atoms with Gasteiger partial charge in [-0.15, -0.1) is 0 Å². The molecular formula is C46H52F2N6O6. The average Bonchev–Trinajstić information content (AvgIpc) is 3.97. The molecule has 0 saturated carbocycles. The van der Waals surface area contributed by atoms with Crippen molar-refractivity contribution in [3.8, 4) is 0 Å². The van der Waals surface area contributed by atoms with Gasteiger partial charge in [-0.05, 0) is 87.6 Å². The number of fused-ring (bicyclic) bond motifs is 6. The van der Waals surface area contributed by atoms with Crippen LogP contribution in [0.5, 0.6) is 0 Å². The van der Waals surface area contributed by atoms with E-state index in [0.717, 1.165) is 22.5 Å². The lowest BCUT2D eigenvalue weighted by atomic mass is 9.88. The summed E-state index contributed by atoms with van der Waals surface area (Å²) < 4.78 is 29.7. The molecule has 60 heavy (non-hydrogen) atoms. The lowest BCUT2D eigenvalue weighted by Gasteiger charge is -2.27. The maximum atomic E-state index is 13.1. The molecule has 2 aromatic heterocycles. The minimum absolute atomic E-state index is 0.0184. The second-order valence-electron chi connectivity index (χ2n) is 16.1. The quantitative estimate of drug-likeness (QED) is 0.189. The van der Waals surface area contributed by atoms with Crippen LogP contribution in [0, 0.1) is 35.3 Å². The monoisotopic (exact) mass is 822 g/mol. The Morgan fingerprint density at radius 1 is 0.633 bits per heavy atom. The maximum absolute atomic E-state index is 13.1. The minimum atomic E-state index is -0.496. The molecule has 8 atom stereocenters. The van der Waals surface area contributed by atoms with Gasteiger partial charge in [0.1, 0.15) is 11.6 Å². The molecule has 14 heteroatoms. The number of nitrogens with zero attached hydrogens (tertiary/aromatic N) is 4. The van der Waals surface area contributed by atoms with Crippen molar-refractivity contribution in [1.82, 2.24) is 29.6 Å². The lowest BCUT2D eigenvalue weighted by Crippen LogP contribution is -2.46. The van der Waals surface area contributed by atoms with Crippen molar-refractivity contribution in [3.05, 3.63) is 151 Å². The summed E-state index contributed by atoms with van der Waals surface area (Å²) in [6, 6.07) is 18.3. The molecule has 2 aromatic carbocycles. The predicted molar refractivity (Wildman–Crippen MR) is 224 cm³/mol. The predicted octanol–water partition coefficient (Wildman–Crippen LogP) is 3.86. The first-order valence-corrected chi connectivity index (χ1v) is 20.3. The standard InChI is InChI=1S/2C23H26FN3O3/c2*1-3-4-15-7-10-19-20-17(12-27(19)23(15)30)18(13-28)21(26(20)2)22(29)25-11-14-5-8-16(24)9-6-14/h2*3-10,17-18,20-21,28H,11-13H2,1-2H3,(H,25,29)/b4-3+;4-3-/t2*17-,18-,20+,21-/m11/s1. The van der Waals surface area contributed by atoms with Gasteiger partial charge in [-0.1, -0.05) is 48.6 Å². The van der Waals surface area contributed by atoms with Crippen molar-refractivity contribution in [3.63, 3.8) is 0 Å². The van der Waals surface area contributed by atoms with Crippen LogP contribution in [0.3, 0.4) is 0 Å². The molecule has 8 rings (SSSR count). The highest BCUT2D eigenvalue weighted by atomic mass is 19.1. The third-order valence-corrected chi connectivity index (χ3v) is 12.8. The summed E-state index contributed by atoms with van der Waals surface area (Å²) >= 11 is 0. The number of likely N-dealkylation sites (tertiary alicyclic amines) is 2. The molecule has 4 aromatic rings. The van der Waals surface area contributed by atoms with E-state index in [-0.39, 0.29) is 83.5 Å². The van der Waals surface area contributed by atoms with Crippen molar-refractivity contribution in [1.29, 1.82) is 0 Å². The lowest BCUT2D eigenvalue weighted by molar-refractivity contribution is -0.128. The summed E-state index contributed by atoms with van der Waals surface area (Å²) in [6.07, 6.45) is 7.26. The highest BCUT2D eigenvalue weighted by Gasteiger charge is 2.55. The highest BCUT2D eigenvalue weighted by Crippen LogP contribution is 2.49. The van der Waals surface area contributed by atoms with Crippen LogP contribution in [0.15, 0.2) is 94.5 Å². The molecule has 0 unspecified atom stereocenters. The molecule has 4 N–H and O–H groups in total. The third-order valence-electron chi connectivity index (χ3n) is 12.8. The Morgan fingerprint density at radius 3 is 1.33 bits per heavy atom. The molecule has 316 valence electrons. The van der Waals surface area contributed by atoms with Gasteiger partial charge in [-0.25, -0.2) is 8.78 Å². The number of amides is 2. The SMILES string of the molecule is C/C=C/c1ccc2n(c1=O)C[C@@H]1[C@@H](CO)[C@H](C(=O)NCc3ccc(F)cc3)N(C)[C@H]21.C/C=C\c1ccc2n(c1=O)C[C@@H]1[C@@H](CO)[C@H](C(=O)NCc3ccc(F)cc3)N(C)[C@H]21. The van der Waals surface area contributed by atoms with E-state index in [1.54, 1.807) is 45.6 Å². The third kappa shape index (κ3) is 7.92. The van der Waals surface area contributed by atoms with Gasteiger partial charge >= 0.3 is 0 Å². The van der Waals surface area contributed by atoms with Gasteiger partial charge in [-0.2, -0.15) is 0 Å². The van der Waals surface area contributed by atoms with Gasteiger partial charge in [0.05, 0.1) is 24.2 Å². The molecular weight excluding hydrogens is 771 g/mol. The number of allylic oxidation sites excluding steroid dienone is 2. The van der Waals surface area contributed by atoms with Gasteiger partial charge in [0.15, 0.2) is 0 Å².